The van der Waals surface area contributed by atoms with Crippen LogP contribution < -0.4 is 30.4 Å². The first kappa shape index (κ1) is 21.9. The molecule has 0 aromatic heterocycles. The summed E-state index contributed by atoms with van der Waals surface area (Å²) in [4.78, 5) is 24.2. The van der Waals surface area contributed by atoms with E-state index >= 15 is 0 Å². The third-order valence-electron chi connectivity index (χ3n) is 4.18. The zero-order chi connectivity index (χ0) is 21.4. The van der Waals surface area contributed by atoms with Crippen molar-refractivity contribution in [2.45, 2.75) is 32.8 Å². The summed E-state index contributed by atoms with van der Waals surface area (Å²) in [7, 11) is 3.01. The van der Waals surface area contributed by atoms with Crippen LogP contribution in [0.2, 0.25) is 0 Å². The number of methoxy groups -OCH3 is 2. The highest BCUT2D eigenvalue weighted by Gasteiger charge is 2.16. The molecular formula is C21H27N3O5. The summed E-state index contributed by atoms with van der Waals surface area (Å²) in [5.74, 6) is 1.51. The molecule has 0 fully saturated rings. The van der Waals surface area contributed by atoms with Gasteiger partial charge in [0.15, 0.2) is 6.10 Å². The minimum Gasteiger partial charge on any atom is -0.497 e. The third kappa shape index (κ3) is 6.31. The molecule has 0 spiro atoms. The smallest absolute Gasteiger partial charge is 0.338 e. The minimum absolute atomic E-state index is 0.414. The number of ether oxygens (including phenoxy) is 3. The second-order valence-electron chi connectivity index (χ2n) is 6.62. The van der Waals surface area contributed by atoms with Gasteiger partial charge in [0, 0.05) is 6.07 Å². The second-order valence-corrected chi connectivity index (χ2v) is 6.62. The maximum atomic E-state index is 12.2. The molecule has 0 aliphatic heterocycles. The SMILES string of the molecule is COc1ccc(NC(=O)NNC(=O)[C@@H](C)Oc2ccc(C(C)C)cc2)c(OC)c1. The molecule has 2 aromatic rings. The van der Waals surface area contributed by atoms with Crippen LogP contribution in [0.1, 0.15) is 32.3 Å². The van der Waals surface area contributed by atoms with E-state index in [9.17, 15) is 9.59 Å². The van der Waals surface area contributed by atoms with Gasteiger partial charge in [-0.05, 0) is 42.7 Å². The Balaban J connectivity index is 1.85. The van der Waals surface area contributed by atoms with Gasteiger partial charge in [-0.1, -0.05) is 26.0 Å². The van der Waals surface area contributed by atoms with Crippen molar-refractivity contribution in [2.24, 2.45) is 0 Å². The first-order chi connectivity index (χ1) is 13.8. The number of hydrogen-bond acceptors (Lipinski definition) is 5. The molecule has 2 rings (SSSR count). The van der Waals surface area contributed by atoms with Crippen molar-refractivity contribution in [1.29, 1.82) is 0 Å². The monoisotopic (exact) mass is 401 g/mol. The summed E-state index contributed by atoms with van der Waals surface area (Å²) in [5.41, 5.74) is 6.21. The summed E-state index contributed by atoms with van der Waals surface area (Å²) in [6.45, 7) is 5.80. The van der Waals surface area contributed by atoms with Crippen molar-refractivity contribution >= 4 is 17.6 Å². The van der Waals surface area contributed by atoms with Crippen LogP contribution in [0.25, 0.3) is 0 Å². The van der Waals surface area contributed by atoms with Crippen LogP contribution in [0.4, 0.5) is 10.5 Å². The van der Waals surface area contributed by atoms with Gasteiger partial charge < -0.3 is 19.5 Å². The highest BCUT2D eigenvalue weighted by Crippen LogP contribution is 2.28. The Morgan fingerprint density at radius 3 is 2.10 bits per heavy atom. The Morgan fingerprint density at radius 1 is 0.862 bits per heavy atom. The number of anilines is 1. The van der Waals surface area contributed by atoms with E-state index in [1.807, 2.05) is 24.3 Å². The molecule has 8 heteroatoms. The molecule has 8 nitrogen and oxygen atoms in total. The van der Waals surface area contributed by atoms with Crippen molar-refractivity contribution in [3.63, 3.8) is 0 Å². The van der Waals surface area contributed by atoms with Crippen molar-refractivity contribution < 1.29 is 23.8 Å². The fraction of sp³-hybridized carbons (Fsp3) is 0.333. The zero-order valence-corrected chi connectivity index (χ0v) is 17.2. The molecule has 1 atom stereocenters. The Bertz CT molecular complexity index is 837. The van der Waals surface area contributed by atoms with Crippen LogP contribution in [0.15, 0.2) is 42.5 Å². The molecule has 0 saturated carbocycles. The fourth-order valence-corrected chi connectivity index (χ4v) is 2.46. The molecular weight excluding hydrogens is 374 g/mol. The molecule has 0 heterocycles. The van der Waals surface area contributed by atoms with Crippen molar-refractivity contribution in [1.82, 2.24) is 10.9 Å². The van der Waals surface area contributed by atoms with E-state index in [-0.39, 0.29) is 0 Å². The van der Waals surface area contributed by atoms with Crippen LogP contribution in [0, 0.1) is 0 Å². The van der Waals surface area contributed by atoms with Gasteiger partial charge >= 0.3 is 6.03 Å². The summed E-state index contributed by atoms with van der Waals surface area (Å²) < 4.78 is 15.9. The molecule has 156 valence electrons. The summed E-state index contributed by atoms with van der Waals surface area (Å²) in [6, 6.07) is 11.9. The lowest BCUT2D eigenvalue weighted by Gasteiger charge is -2.16. The standard InChI is InChI=1S/C21H27N3O5/c1-13(2)15-6-8-16(9-7-15)29-14(3)20(25)23-24-21(26)22-18-11-10-17(27-4)12-19(18)28-5/h6-14H,1-5H3,(H,23,25)(H2,22,24,26)/t14-/m1/s1. The molecule has 0 bridgehead atoms. The van der Waals surface area contributed by atoms with Crippen LogP contribution in [0.3, 0.4) is 0 Å². The first-order valence-electron chi connectivity index (χ1n) is 9.19. The van der Waals surface area contributed by atoms with Gasteiger partial charge in [0.1, 0.15) is 17.2 Å². The van der Waals surface area contributed by atoms with Crippen LogP contribution in [-0.4, -0.2) is 32.3 Å². The topological polar surface area (TPSA) is 97.9 Å². The highest BCUT2D eigenvalue weighted by atomic mass is 16.5. The lowest BCUT2D eigenvalue weighted by molar-refractivity contribution is -0.127. The Hall–Kier alpha value is -3.42. The van der Waals surface area contributed by atoms with Crippen LogP contribution in [0.5, 0.6) is 17.2 Å². The fourth-order valence-electron chi connectivity index (χ4n) is 2.46. The second kappa shape index (κ2) is 10.2. The predicted molar refractivity (Wildman–Crippen MR) is 110 cm³/mol. The average molecular weight is 401 g/mol. The number of carbonyl (C=O) groups is 2. The molecule has 2 aromatic carbocycles. The number of benzene rings is 2. The van der Waals surface area contributed by atoms with Crippen molar-refractivity contribution in [3.05, 3.63) is 48.0 Å². The lowest BCUT2D eigenvalue weighted by Crippen LogP contribution is -2.48. The van der Waals surface area contributed by atoms with Gasteiger partial charge in [0.2, 0.25) is 0 Å². The molecule has 3 amide bonds. The quantitative estimate of drug-likeness (QED) is 0.618. The van der Waals surface area contributed by atoms with E-state index in [4.69, 9.17) is 14.2 Å². The van der Waals surface area contributed by atoms with E-state index in [2.05, 4.69) is 30.0 Å². The van der Waals surface area contributed by atoms with Crippen molar-refractivity contribution in [3.8, 4) is 17.2 Å². The summed E-state index contributed by atoms with van der Waals surface area (Å²) >= 11 is 0. The highest BCUT2D eigenvalue weighted by molar-refractivity contribution is 5.93. The van der Waals surface area contributed by atoms with Crippen LogP contribution in [-0.2, 0) is 4.79 Å². The van der Waals surface area contributed by atoms with E-state index in [1.165, 1.54) is 19.8 Å². The Labute approximate surface area is 170 Å². The summed E-state index contributed by atoms with van der Waals surface area (Å²) in [6.07, 6.45) is -0.796. The number of amides is 3. The average Bonchev–Trinajstić information content (AvgIpc) is 2.72. The maximum absolute atomic E-state index is 12.2. The van der Waals surface area contributed by atoms with Gasteiger partial charge in [-0.3, -0.25) is 10.2 Å². The number of hydrazine groups is 1. The minimum atomic E-state index is -0.796. The molecule has 3 N–H and O–H groups in total. The largest absolute Gasteiger partial charge is 0.497 e. The molecule has 0 unspecified atom stereocenters. The number of nitrogens with one attached hydrogen (secondary N) is 3. The number of carbonyl (C=O) groups excluding carboxylic acids is 2. The molecule has 0 aliphatic rings. The lowest BCUT2D eigenvalue weighted by atomic mass is 10.0. The number of rotatable bonds is 7. The normalized spacial score (nSPS) is 11.4. The van der Waals surface area contributed by atoms with Gasteiger partial charge in [-0.25, -0.2) is 10.2 Å². The predicted octanol–water partition coefficient (Wildman–Crippen LogP) is 3.45. The number of hydrogen-bond donors (Lipinski definition) is 3. The molecule has 0 radical (unpaired) electrons. The van der Waals surface area contributed by atoms with E-state index < -0.39 is 18.0 Å². The van der Waals surface area contributed by atoms with Gasteiger partial charge in [-0.2, -0.15) is 0 Å². The van der Waals surface area contributed by atoms with E-state index in [1.54, 1.807) is 25.1 Å². The van der Waals surface area contributed by atoms with Gasteiger partial charge in [-0.15, -0.1) is 0 Å². The van der Waals surface area contributed by atoms with Gasteiger partial charge in [0.25, 0.3) is 5.91 Å². The maximum Gasteiger partial charge on any atom is 0.338 e. The Kier molecular flexibility index (Phi) is 7.70. The molecule has 0 aliphatic carbocycles. The molecule has 0 saturated heterocycles. The van der Waals surface area contributed by atoms with Crippen LogP contribution >= 0.6 is 0 Å². The van der Waals surface area contributed by atoms with Gasteiger partial charge in [0.05, 0.1) is 19.9 Å². The zero-order valence-electron chi connectivity index (χ0n) is 17.2. The summed E-state index contributed by atoms with van der Waals surface area (Å²) in [5, 5.41) is 2.59. The van der Waals surface area contributed by atoms with Crippen molar-refractivity contribution in [2.75, 3.05) is 19.5 Å². The molecule has 29 heavy (non-hydrogen) atoms. The Morgan fingerprint density at radius 2 is 1.52 bits per heavy atom. The van der Waals surface area contributed by atoms with E-state index in [0.29, 0.717) is 28.9 Å². The third-order valence-corrected chi connectivity index (χ3v) is 4.18. The first-order valence-corrected chi connectivity index (χ1v) is 9.19. The number of urea groups is 1. The van der Waals surface area contributed by atoms with E-state index in [0.717, 1.165) is 0 Å².